The van der Waals surface area contributed by atoms with Gasteiger partial charge in [-0.15, -0.1) is 0 Å². The zero-order valence-electron chi connectivity index (χ0n) is 18.0. The molecule has 0 unspecified atom stereocenters. The number of carbonyl (C=O) groups excluding carboxylic acids is 3. The predicted molar refractivity (Wildman–Crippen MR) is 119 cm³/mol. The highest BCUT2D eigenvalue weighted by atomic mass is 16.5. The van der Waals surface area contributed by atoms with E-state index < -0.39 is 24.0 Å². The van der Waals surface area contributed by atoms with Crippen molar-refractivity contribution in [1.29, 1.82) is 0 Å². The molecule has 0 bridgehead atoms. The number of nitrogens with one attached hydrogen (secondary N) is 2. The number of amides is 2. The van der Waals surface area contributed by atoms with Gasteiger partial charge in [-0.05, 0) is 29.9 Å². The third-order valence-electron chi connectivity index (χ3n) is 4.89. The molecule has 0 aliphatic rings. The summed E-state index contributed by atoms with van der Waals surface area (Å²) in [6, 6.07) is 18.0. The summed E-state index contributed by atoms with van der Waals surface area (Å²) in [6.45, 7) is 4.04. The minimum Gasteiger partial charge on any atom is -0.445 e. The number of ether oxygens (including phenoxy) is 1. The zero-order chi connectivity index (χ0) is 22.6. The maximum Gasteiger partial charge on any atom is 0.408 e. The molecule has 7 heteroatoms. The van der Waals surface area contributed by atoms with Gasteiger partial charge >= 0.3 is 6.09 Å². The van der Waals surface area contributed by atoms with E-state index in [2.05, 4.69) is 10.7 Å². The summed E-state index contributed by atoms with van der Waals surface area (Å²) in [5.74, 6) is 4.24. The van der Waals surface area contributed by atoms with Crippen molar-refractivity contribution in [3.8, 4) is 0 Å². The van der Waals surface area contributed by atoms with Crippen LogP contribution in [0.1, 0.15) is 37.8 Å². The largest absolute Gasteiger partial charge is 0.445 e. The molecule has 0 fully saturated rings. The van der Waals surface area contributed by atoms with E-state index in [-0.39, 0.29) is 24.7 Å². The van der Waals surface area contributed by atoms with E-state index >= 15 is 0 Å². The summed E-state index contributed by atoms with van der Waals surface area (Å²) in [7, 11) is 0. The average molecular weight is 426 g/mol. The molecule has 2 aromatic rings. The van der Waals surface area contributed by atoms with Crippen molar-refractivity contribution in [3.63, 3.8) is 0 Å². The van der Waals surface area contributed by atoms with Crippen LogP contribution in [0.4, 0.5) is 4.79 Å². The van der Waals surface area contributed by atoms with Crippen LogP contribution in [0.3, 0.4) is 0 Å². The Balaban J connectivity index is 2.01. The number of hydrogen-bond acceptors (Lipinski definition) is 5. The zero-order valence-corrected chi connectivity index (χ0v) is 18.0. The molecule has 166 valence electrons. The molecule has 0 heterocycles. The Hall–Kier alpha value is -3.19. The second-order valence-corrected chi connectivity index (χ2v) is 7.95. The van der Waals surface area contributed by atoms with Crippen LogP contribution in [0.2, 0.25) is 0 Å². The molecule has 2 rings (SSSR count). The number of hydrazine groups is 1. The molecule has 0 radical (unpaired) electrons. The molecule has 2 atom stereocenters. The first kappa shape index (κ1) is 24.1. The number of carbonyl (C=O) groups is 3. The summed E-state index contributed by atoms with van der Waals surface area (Å²) >= 11 is 0. The van der Waals surface area contributed by atoms with E-state index in [1.54, 1.807) is 0 Å². The molecule has 0 spiro atoms. The quantitative estimate of drug-likeness (QED) is 0.291. The maximum absolute atomic E-state index is 13.0. The fraction of sp³-hybridized carbons (Fsp3) is 0.375. The Morgan fingerprint density at radius 2 is 1.52 bits per heavy atom. The van der Waals surface area contributed by atoms with Crippen LogP contribution in [-0.4, -0.2) is 23.8 Å². The van der Waals surface area contributed by atoms with Gasteiger partial charge in [-0.3, -0.25) is 15.0 Å². The molecule has 31 heavy (non-hydrogen) atoms. The van der Waals surface area contributed by atoms with Crippen molar-refractivity contribution < 1.29 is 19.1 Å². The van der Waals surface area contributed by atoms with Crippen molar-refractivity contribution in [2.45, 2.75) is 45.8 Å². The van der Waals surface area contributed by atoms with Crippen LogP contribution >= 0.6 is 0 Å². The van der Waals surface area contributed by atoms with Gasteiger partial charge in [0, 0.05) is 6.42 Å². The van der Waals surface area contributed by atoms with Crippen LogP contribution in [-0.2, 0) is 27.4 Å². The SMILES string of the molecule is CC(C)C[C@H](NC(=O)OCc1ccccc1)C(=O)C[C@@H](Cc1ccccc1)C(=O)NN. The van der Waals surface area contributed by atoms with Crippen molar-refractivity contribution >= 4 is 17.8 Å². The van der Waals surface area contributed by atoms with E-state index in [9.17, 15) is 14.4 Å². The summed E-state index contributed by atoms with van der Waals surface area (Å²) in [6.07, 6.45) is 0.129. The van der Waals surface area contributed by atoms with Crippen LogP contribution < -0.4 is 16.6 Å². The molecule has 0 saturated heterocycles. The number of alkyl carbamates (subject to hydrolysis) is 1. The van der Waals surface area contributed by atoms with Crippen molar-refractivity contribution in [1.82, 2.24) is 10.7 Å². The molecule has 2 amide bonds. The Bertz CT molecular complexity index is 840. The second kappa shape index (κ2) is 12.5. The third-order valence-corrected chi connectivity index (χ3v) is 4.89. The third kappa shape index (κ3) is 8.60. The van der Waals surface area contributed by atoms with E-state index in [1.807, 2.05) is 74.5 Å². The molecule has 4 N–H and O–H groups in total. The van der Waals surface area contributed by atoms with Gasteiger partial charge in [0.25, 0.3) is 0 Å². The van der Waals surface area contributed by atoms with Gasteiger partial charge in [-0.25, -0.2) is 10.6 Å². The number of rotatable bonds is 11. The monoisotopic (exact) mass is 425 g/mol. The number of benzene rings is 2. The fourth-order valence-corrected chi connectivity index (χ4v) is 3.31. The van der Waals surface area contributed by atoms with Gasteiger partial charge in [0.1, 0.15) is 6.61 Å². The number of Topliss-reactive ketones (excluding diaryl/α,β-unsaturated/α-hetero) is 1. The van der Waals surface area contributed by atoms with Crippen LogP contribution in [0.15, 0.2) is 60.7 Å². The normalized spacial score (nSPS) is 12.6. The van der Waals surface area contributed by atoms with E-state index in [0.717, 1.165) is 11.1 Å². The average Bonchev–Trinajstić information content (AvgIpc) is 2.77. The molecule has 0 aromatic heterocycles. The van der Waals surface area contributed by atoms with Crippen molar-refractivity contribution in [2.24, 2.45) is 17.7 Å². The molecular formula is C24H31N3O4. The first-order chi connectivity index (χ1) is 14.9. The molecule has 0 aliphatic carbocycles. The lowest BCUT2D eigenvalue weighted by atomic mass is 9.89. The number of nitrogens with two attached hydrogens (primary N) is 1. The fourth-order valence-electron chi connectivity index (χ4n) is 3.31. The van der Waals surface area contributed by atoms with Gasteiger partial charge in [-0.2, -0.15) is 0 Å². The molecule has 2 aromatic carbocycles. The van der Waals surface area contributed by atoms with Gasteiger partial charge in [-0.1, -0.05) is 74.5 Å². The predicted octanol–water partition coefficient (Wildman–Crippen LogP) is 3.14. The second-order valence-electron chi connectivity index (χ2n) is 7.95. The van der Waals surface area contributed by atoms with Crippen molar-refractivity contribution in [2.75, 3.05) is 0 Å². The van der Waals surface area contributed by atoms with Crippen LogP contribution in [0.25, 0.3) is 0 Å². The maximum atomic E-state index is 13.0. The Morgan fingerprint density at radius 1 is 0.935 bits per heavy atom. The van der Waals surface area contributed by atoms with Crippen LogP contribution in [0, 0.1) is 11.8 Å². The van der Waals surface area contributed by atoms with Gasteiger partial charge in [0.2, 0.25) is 5.91 Å². The smallest absolute Gasteiger partial charge is 0.408 e. The first-order valence-electron chi connectivity index (χ1n) is 10.4. The van der Waals surface area contributed by atoms with Gasteiger partial charge in [0.15, 0.2) is 5.78 Å². The standard InChI is InChI=1S/C24H31N3O4/c1-17(2)13-21(26-24(30)31-16-19-11-7-4-8-12-19)22(28)15-20(23(29)27-25)14-18-9-5-3-6-10-18/h3-12,17,20-21H,13-16,25H2,1-2H3,(H,26,30)(H,27,29)/t20-,21+/m1/s1. The summed E-state index contributed by atoms with van der Waals surface area (Å²) < 4.78 is 5.26. The van der Waals surface area contributed by atoms with E-state index in [1.165, 1.54) is 0 Å². The number of ketones is 1. The highest BCUT2D eigenvalue weighted by Crippen LogP contribution is 2.17. The lowest BCUT2D eigenvalue weighted by Crippen LogP contribution is -2.44. The summed E-state index contributed by atoms with van der Waals surface area (Å²) in [4.78, 5) is 37.6. The van der Waals surface area contributed by atoms with Gasteiger partial charge < -0.3 is 10.1 Å². The first-order valence-corrected chi connectivity index (χ1v) is 10.4. The van der Waals surface area contributed by atoms with E-state index in [4.69, 9.17) is 10.6 Å². The van der Waals surface area contributed by atoms with Gasteiger partial charge in [0.05, 0.1) is 12.0 Å². The lowest BCUT2D eigenvalue weighted by molar-refractivity contribution is -0.130. The highest BCUT2D eigenvalue weighted by molar-refractivity contribution is 5.91. The lowest BCUT2D eigenvalue weighted by Gasteiger charge is -2.22. The Labute approximate surface area is 183 Å². The Kier molecular flexibility index (Phi) is 9.71. The molecule has 0 aliphatic heterocycles. The van der Waals surface area contributed by atoms with Crippen LogP contribution in [0.5, 0.6) is 0 Å². The molecular weight excluding hydrogens is 394 g/mol. The summed E-state index contributed by atoms with van der Waals surface area (Å²) in [5, 5.41) is 2.67. The minimum atomic E-state index is -0.743. The number of hydrogen-bond donors (Lipinski definition) is 3. The topological polar surface area (TPSA) is 111 Å². The molecule has 0 saturated carbocycles. The molecule has 7 nitrogen and oxygen atoms in total. The Morgan fingerprint density at radius 3 is 2.06 bits per heavy atom. The minimum absolute atomic E-state index is 0.0335. The summed E-state index contributed by atoms with van der Waals surface area (Å²) in [5.41, 5.74) is 3.93. The van der Waals surface area contributed by atoms with E-state index in [0.29, 0.717) is 12.8 Å². The van der Waals surface area contributed by atoms with Crippen molar-refractivity contribution in [3.05, 3.63) is 71.8 Å². The highest BCUT2D eigenvalue weighted by Gasteiger charge is 2.28.